The third-order valence-corrected chi connectivity index (χ3v) is 6.29. The van der Waals surface area contributed by atoms with Crippen LogP contribution in [0.25, 0.3) is 10.4 Å². The van der Waals surface area contributed by atoms with Crippen LogP contribution in [0.5, 0.6) is 17.4 Å². The van der Waals surface area contributed by atoms with Gasteiger partial charge >= 0.3 is 4.87 Å². The first-order chi connectivity index (χ1) is 17.2. The van der Waals surface area contributed by atoms with Crippen molar-refractivity contribution in [1.82, 2.24) is 4.98 Å². The lowest BCUT2D eigenvalue weighted by Crippen LogP contribution is -2.15. The van der Waals surface area contributed by atoms with Gasteiger partial charge < -0.3 is 19.4 Å². The lowest BCUT2D eigenvalue weighted by Gasteiger charge is -2.20. The number of aromatic nitrogens is 1. The van der Waals surface area contributed by atoms with Gasteiger partial charge in [0.15, 0.2) is 0 Å². The van der Waals surface area contributed by atoms with Crippen LogP contribution in [0.4, 0.5) is 0 Å². The minimum atomic E-state index is -0.284. The number of aromatic amines is 1. The Labute approximate surface area is 216 Å². The fraction of sp³-hybridized carbons (Fsp3) is 0.429. The molecule has 3 rings (SSSR count). The molecule has 0 unspecified atom stereocenters. The van der Waals surface area contributed by atoms with Gasteiger partial charge in [0, 0.05) is 6.42 Å². The molecule has 0 amide bonds. The second-order valence-corrected chi connectivity index (χ2v) is 10.8. The molecule has 0 bridgehead atoms. The van der Waals surface area contributed by atoms with Crippen molar-refractivity contribution < 1.29 is 19.4 Å². The molecule has 1 heterocycles. The van der Waals surface area contributed by atoms with Crippen molar-refractivity contribution in [2.75, 3.05) is 20.3 Å². The molecule has 2 N–H and O–H groups in total. The van der Waals surface area contributed by atoms with Gasteiger partial charge in [-0.05, 0) is 77.4 Å². The quantitative estimate of drug-likeness (QED) is 0.166. The molecular formula is C28H36N2O5S. The number of thiazole rings is 1. The van der Waals surface area contributed by atoms with Gasteiger partial charge in [0.25, 0.3) is 0 Å². The van der Waals surface area contributed by atoms with Gasteiger partial charge in [0.05, 0.1) is 23.8 Å². The van der Waals surface area contributed by atoms with Crippen molar-refractivity contribution in [3.05, 3.63) is 63.3 Å². The van der Waals surface area contributed by atoms with Gasteiger partial charge in [-0.25, -0.2) is 0 Å². The number of aryl methyl sites for hydroxylation is 1. The molecule has 7 nitrogen and oxygen atoms in total. The van der Waals surface area contributed by atoms with E-state index < -0.39 is 0 Å². The molecule has 0 saturated heterocycles. The van der Waals surface area contributed by atoms with E-state index in [1.165, 1.54) is 5.56 Å². The Morgan fingerprint density at radius 3 is 2.42 bits per heavy atom. The first-order valence-corrected chi connectivity index (χ1v) is 13.0. The average molecular weight is 513 g/mol. The van der Waals surface area contributed by atoms with Crippen LogP contribution in [-0.2, 0) is 11.3 Å². The number of hydrogen-bond donors (Lipinski definition) is 2. The van der Waals surface area contributed by atoms with Crippen LogP contribution in [0.15, 0.2) is 52.4 Å². The molecule has 0 fully saturated rings. The first kappa shape index (κ1) is 27.3. The van der Waals surface area contributed by atoms with Crippen molar-refractivity contribution >= 4 is 17.0 Å². The molecule has 3 aromatic rings. The van der Waals surface area contributed by atoms with Crippen molar-refractivity contribution in [2.24, 2.45) is 10.6 Å². The van der Waals surface area contributed by atoms with Gasteiger partial charge in [-0.2, -0.15) is 0 Å². The van der Waals surface area contributed by atoms with E-state index in [0.717, 1.165) is 65.4 Å². The summed E-state index contributed by atoms with van der Waals surface area (Å²) in [6, 6.07) is 13.5. The maximum absolute atomic E-state index is 11.4. The number of H-pyrrole nitrogens is 1. The molecule has 0 aliphatic rings. The summed E-state index contributed by atoms with van der Waals surface area (Å²) in [6.07, 6.45) is 3.49. The van der Waals surface area contributed by atoms with Gasteiger partial charge in [-0.3, -0.25) is 9.78 Å². The predicted octanol–water partition coefficient (Wildman–Crippen LogP) is 6.40. The monoisotopic (exact) mass is 512 g/mol. The highest BCUT2D eigenvalue weighted by atomic mass is 32.1. The predicted molar refractivity (Wildman–Crippen MR) is 146 cm³/mol. The standard InChI is InChI=1S/C28H36N2O5S/c1-6-8-21-17-20(23(30-33-5)18-28(2,3)4)11-14-24(21)35-16-7-15-34-22-12-9-19(10-13-22)25-26(31)29-27(32)36-25/h9-14,17,31H,6-8,15-16,18H2,1-5H3,(H,29,32). The SMILES string of the molecule is CCCc1cc(C(CC(C)(C)C)=NOC)ccc1OCCCOc1ccc(-c2sc(=O)[nH]c2O)cc1. The van der Waals surface area contributed by atoms with Gasteiger partial charge in [-0.15, -0.1) is 0 Å². The topological polar surface area (TPSA) is 93.1 Å². The molecule has 36 heavy (non-hydrogen) atoms. The number of nitrogens with zero attached hydrogens (tertiary/aromatic N) is 1. The Kier molecular flexibility index (Phi) is 9.58. The normalized spacial score (nSPS) is 12.0. The zero-order valence-corrected chi connectivity index (χ0v) is 22.5. The van der Waals surface area contributed by atoms with Crippen LogP contribution >= 0.6 is 11.3 Å². The van der Waals surface area contributed by atoms with Crippen molar-refractivity contribution in [3.63, 3.8) is 0 Å². The smallest absolute Gasteiger partial charge is 0.307 e. The van der Waals surface area contributed by atoms with Gasteiger partial charge in [0.2, 0.25) is 5.88 Å². The first-order valence-electron chi connectivity index (χ1n) is 12.2. The van der Waals surface area contributed by atoms with Crippen LogP contribution in [0.2, 0.25) is 0 Å². The summed E-state index contributed by atoms with van der Waals surface area (Å²) in [5.74, 6) is 1.51. The zero-order valence-electron chi connectivity index (χ0n) is 21.7. The number of ether oxygens (including phenoxy) is 2. The van der Waals surface area contributed by atoms with E-state index in [9.17, 15) is 9.90 Å². The van der Waals surface area contributed by atoms with Crippen molar-refractivity contribution in [2.45, 2.75) is 53.4 Å². The summed E-state index contributed by atoms with van der Waals surface area (Å²) in [5.41, 5.74) is 4.03. The second kappa shape index (κ2) is 12.6. The fourth-order valence-electron chi connectivity index (χ4n) is 3.81. The number of benzene rings is 2. The fourth-order valence-corrected chi connectivity index (χ4v) is 4.55. The second-order valence-electron chi connectivity index (χ2n) is 9.80. The van der Waals surface area contributed by atoms with Crippen LogP contribution in [0.1, 0.15) is 58.1 Å². The number of rotatable bonds is 12. The number of hydrogen-bond acceptors (Lipinski definition) is 7. The third-order valence-electron chi connectivity index (χ3n) is 5.37. The summed E-state index contributed by atoms with van der Waals surface area (Å²) in [6.45, 7) is 9.79. The van der Waals surface area contributed by atoms with Crippen LogP contribution in [0, 0.1) is 5.41 Å². The summed E-state index contributed by atoms with van der Waals surface area (Å²) < 4.78 is 11.9. The highest BCUT2D eigenvalue weighted by Gasteiger charge is 2.18. The average Bonchev–Trinajstić information content (AvgIpc) is 3.17. The number of aromatic hydroxyl groups is 1. The van der Waals surface area contributed by atoms with E-state index in [-0.39, 0.29) is 16.2 Å². The van der Waals surface area contributed by atoms with Gasteiger partial charge in [-0.1, -0.05) is 50.6 Å². The minimum absolute atomic E-state index is 0.0998. The maximum atomic E-state index is 11.4. The molecule has 0 spiro atoms. The van der Waals surface area contributed by atoms with E-state index >= 15 is 0 Å². The largest absolute Gasteiger partial charge is 0.493 e. The van der Waals surface area contributed by atoms with Gasteiger partial charge in [0.1, 0.15) is 18.6 Å². The minimum Gasteiger partial charge on any atom is -0.493 e. The number of nitrogens with one attached hydrogen (secondary N) is 1. The molecule has 0 aliphatic heterocycles. The maximum Gasteiger partial charge on any atom is 0.307 e. The number of oxime groups is 1. The lowest BCUT2D eigenvalue weighted by atomic mass is 9.87. The third kappa shape index (κ3) is 7.88. The summed E-state index contributed by atoms with van der Waals surface area (Å²) in [4.78, 5) is 19.1. The highest BCUT2D eigenvalue weighted by Crippen LogP contribution is 2.31. The van der Waals surface area contributed by atoms with Crippen LogP contribution in [0.3, 0.4) is 0 Å². The zero-order chi connectivity index (χ0) is 26.1. The molecule has 1 aromatic heterocycles. The molecule has 2 aromatic carbocycles. The Morgan fingerprint density at radius 2 is 1.81 bits per heavy atom. The van der Waals surface area contributed by atoms with Crippen molar-refractivity contribution in [3.8, 4) is 27.8 Å². The lowest BCUT2D eigenvalue weighted by molar-refractivity contribution is 0.211. The molecular weight excluding hydrogens is 476 g/mol. The summed E-state index contributed by atoms with van der Waals surface area (Å²) >= 11 is 0.976. The Balaban J connectivity index is 1.55. The summed E-state index contributed by atoms with van der Waals surface area (Å²) in [7, 11) is 1.58. The van der Waals surface area contributed by atoms with E-state index in [1.54, 1.807) is 7.11 Å². The molecule has 0 atom stereocenters. The van der Waals surface area contributed by atoms with Crippen molar-refractivity contribution in [1.29, 1.82) is 0 Å². The van der Waals surface area contributed by atoms with Crippen LogP contribution < -0.4 is 14.3 Å². The highest BCUT2D eigenvalue weighted by molar-refractivity contribution is 7.13. The van der Waals surface area contributed by atoms with E-state index in [4.69, 9.17) is 14.3 Å². The molecule has 0 saturated carbocycles. The molecule has 8 heteroatoms. The summed E-state index contributed by atoms with van der Waals surface area (Å²) in [5, 5.41) is 14.1. The van der Waals surface area contributed by atoms with Crippen LogP contribution in [-0.4, -0.2) is 36.1 Å². The molecule has 0 aliphatic carbocycles. The Hall–Kier alpha value is -3.26. The Morgan fingerprint density at radius 1 is 1.08 bits per heavy atom. The van der Waals surface area contributed by atoms with E-state index in [0.29, 0.717) is 18.1 Å². The Bertz CT molecular complexity index is 1210. The van der Waals surface area contributed by atoms with E-state index in [2.05, 4.69) is 50.0 Å². The van der Waals surface area contributed by atoms with E-state index in [1.807, 2.05) is 30.3 Å². The molecule has 0 radical (unpaired) electrons. The molecule has 194 valence electrons.